The molecule has 0 aliphatic carbocycles. The number of thioether (sulfide) groups is 1. The zero-order valence-corrected chi connectivity index (χ0v) is 12.2. The minimum Gasteiger partial charge on any atom is -0.311 e. The Bertz CT molecular complexity index is 480. The summed E-state index contributed by atoms with van der Waals surface area (Å²) in [5.74, 6) is 0.0242. The molecule has 1 fully saturated rings. The van der Waals surface area contributed by atoms with Crippen LogP contribution in [0.1, 0.15) is 6.42 Å². The molecule has 1 amide bonds. The molecule has 0 saturated carbocycles. The smallest absolute Gasteiger partial charge is 0.311 e. The van der Waals surface area contributed by atoms with Gasteiger partial charge < -0.3 is 4.90 Å². The minimum atomic E-state index is -4.35. The van der Waals surface area contributed by atoms with E-state index in [0.717, 1.165) is 0 Å². The van der Waals surface area contributed by atoms with E-state index in [4.69, 9.17) is 0 Å². The molecule has 1 saturated heterocycles. The Labute approximate surface area is 121 Å². The van der Waals surface area contributed by atoms with E-state index in [2.05, 4.69) is 15.9 Å². The predicted molar refractivity (Wildman–Crippen MR) is 72.6 cm³/mol. The summed E-state index contributed by atoms with van der Waals surface area (Å²) in [5, 5.41) is 0.670. The molecule has 2 nitrogen and oxygen atoms in total. The first kappa shape index (κ1) is 14.7. The van der Waals surface area contributed by atoms with Crippen molar-refractivity contribution < 1.29 is 18.0 Å². The molecule has 104 valence electrons. The van der Waals surface area contributed by atoms with Gasteiger partial charge >= 0.3 is 5.51 Å². The first-order valence-corrected chi connectivity index (χ1v) is 7.55. The largest absolute Gasteiger partial charge is 0.446 e. The highest BCUT2D eigenvalue weighted by Crippen LogP contribution is 2.42. The van der Waals surface area contributed by atoms with Gasteiger partial charge in [0.2, 0.25) is 5.91 Å². The van der Waals surface area contributed by atoms with Crippen molar-refractivity contribution in [3.8, 4) is 0 Å². The van der Waals surface area contributed by atoms with Gasteiger partial charge in [-0.3, -0.25) is 4.79 Å². The maximum Gasteiger partial charge on any atom is 0.446 e. The highest BCUT2D eigenvalue weighted by molar-refractivity contribution is 9.09. The molecule has 0 spiro atoms. The molecule has 1 atom stereocenters. The molecule has 1 heterocycles. The van der Waals surface area contributed by atoms with Crippen LogP contribution in [0.15, 0.2) is 29.2 Å². The van der Waals surface area contributed by atoms with Crippen LogP contribution in [-0.2, 0) is 4.79 Å². The van der Waals surface area contributed by atoms with Crippen LogP contribution < -0.4 is 4.90 Å². The lowest BCUT2D eigenvalue weighted by molar-refractivity contribution is -0.117. The molecule has 1 aliphatic heterocycles. The third-order valence-corrected chi connectivity index (χ3v) is 4.52. The Hall–Kier alpha value is -0.690. The zero-order valence-electron chi connectivity index (χ0n) is 9.78. The van der Waals surface area contributed by atoms with Crippen LogP contribution in [0.3, 0.4) is 0 Å². The van der Waals surface area contributed by atoms with Gasteiger partial charge in [-0.25, -0.2) is 0 Å². The fraction of sp³-hybridized carbons (Fsp3) is 0.417. The van der Waals surface area contributed by atoms with Crippen molar-refractivity contribution in [2.24, 2.45) is 5.92 Å². The van der Waals surface area contributed by atoms with Gasteiger partial charge in [0.15, 0.2) is 0 Å². The van der Waals surface area contributed by atoms with Crippen LogP contribution in [0.25, 0.3) is 0 Å². The van der Waals surface area contributed by atoms with Crippen LogP contribution in [0, 0.1) is 5.92 Å². The van der Waals surface area contributed by atoms with E-state index in [0.29, 0.717) is 24.0 Å². The number of para-hydroxylation sites is 1. The van der Waals surface area contributed by atoms with E-state index < -0.39 is 5.51 Å². The van der Waals surface area contributed by atoms with Gasteiger partial charge in [0.1, 0.15) is 0 Å². The molecule has 19 heavy (non-hydrogen) atoms. The van der Waals surface area contributed by atoms with Gasteiger partial charge in [-0.1, -0.05) is 28.1 Å². The number of alkyl halides is 4. The van der Waals surface area contributed by atoms with E-state index in [1.165, 1.54) is 11.0 Å². The van der Waals surface area contributed by atoms with Gasteiger partial charge in [-0.15, -0.1) is 0 Å². The summed E-state index contributed by atoms with van der Waals surface area (Å²) < 4.78 is 37.5. The molecule has 0 N–H and O–H groups in total. The zero-order chi connectivity index (χ0) is 14.0. The molecule has 7 heteroatoms. The third-order valence-electron chi connectivity index (χ3n) is 2.81. The van der Waals surface area contributed by atoms with E-state index in [9.17, 15) is 18.0 Å². The Kier molecular flexibility index (Phi) is 4.45. The first-order valence-electron chi connectivity index (χ1n) is 5.62. The lowest BCUT2D eigenvalue weighted by Crippen LogP contribution is -2.25. The summed E-state index contributed by atoms with van der Waals surface area (Å²) >= 11 is 3.13. The normalized spacial score (nSPS) is 20.1. The monoisotopic (exact) mass is 353 g/mol. The van der Waals surface area contributed by atoms with Crippen LogP contribution in [0.2, 0.25) is 0 Å². The van der Waals surface area contributed by atoms with Crippen molar-refractivity contribution in [2.45, 2.75) is 16.8 Å². The van der Waals surface area contributed by atoms with E-state index in [1.54, 1.807) is 18.2 Å². The van der Waals surface area contributed by atoms with Crippen LogP contribution in [0.4, 0.5) is 18.9 Å². The van der Waals surface area contributed by atoms with Crippen molar-refractivity contribution in [3.05, 3.63) is 24.3 Å². The molecule has 0 aromatic heterocycles. The number of carbonyl (C=O) groups excluding carboxylic acids is 1. The lowest BCUT2D eigenvalue weighted by Gasteiger charge is -2.20. The highest BCUT2D eigenvalue weighted by atomic mass is 79.9. The fourth-order valence-corrected chi connectivity index (χ4v) is 3.12. The topological polar surface area (TPSA) is 20.3 Å². The Balaban J connectivity index is 2.27. The molecule has 1 aromatic rings. The number of hydrogen-bond acceptors (Lipinski definition) is 2. The second kappa shape index (κ2) is 5.75. The third kappa shape index (κ3) is 3.66. The van der Waals surface area contributed by atoms with Crippen molar-refractivity contribution in [1.82, 2.24) is 0 Å². The van der Waals surface area contributed by atoms with Gasteiger partial charge in [-0.2, -0.15) is 13.2 Å². The quantitative estimate of drug-likeness (QED) is 0.603. The lowest BCUT2D eigenvalue weighted by atomic mass is 10.2. The molecular weight excluding hydrogens is 343 g/mol. The molecule has 1 aliphatic rings. The number of benzene rings is 1. The SMILES string of the molecule is O=C1CC(CBr)CN1c1ccccc1SC(F)(F)F. The average molecular weight is 354 g/mol. The molecule has 2 rings (SSSR count). The molecule has 0 radical (unpaired) electrons. The van der Waals surface area contributed by atoms with E-state index in [-0.39, 0.29) is 28.5 Å². The molecule has 1 unspecified atom stereocenters. The van der Waals surface area contributed by atoms with Crippen LogP contribution >= 0.6 is 27.7 Å². The number of carbonyl (C=O) groups is 1. The second-order valence-corrected chi connectivity index (χ2v) is 6.00. The molecular formula is C12H11BrF3NOS. The van der Waals surface area contributed by atoms with Gasteiger partial charge in [0.05, 0.1) is 5.69 Å². The number of nitrogens with zero attached hydrogens (tertiary/aromatic N) is 1. The second-order valence-electron chi connectivity index (χ2n) is 4.24. The van der Waals surface area contributed by atoms with Gasteiger partial charge in [0.25, 0.3) is 0 Å². The summed E-state index contributed by atoms with van der Waals surface area (Å²) in [4.78, 5) is 13.4. The number of rotatable bonds is 3. The van der Waals surface area contributed by atoms with E-state index in [1.807, 2.05) is 0 Å². The Morgan fingerprint density at radius 2 is 2.05 bits per heavy atom. The van der Waals surface area contributed by atoms with Gasteiger partial charge in [0, 0.05) is 23.2 Å². The number of halogens is 4. The summed E-state index contributed by atoms with van der Waals surface area (Å²) in [6.07, 6.45) is 0.371. The summed E-state index contributed by atoms with van der Waals surface area (Å²) in [6.45, 7) is 0.458. The fourth-order valence-electron chi connectivity index (χ4n) is 2.01. The number of hydrogen-bond donors (Lipinski definition) is 0. The standard InChI is InChI=1S/C12H11BrF3NOS/c13-6-8-5-11(18)17(7-8)9-3-1-2-4-10(9)19-12(14,15)16/h1-4,8H,5-7H2. The van der Waals surface area contributed by atoms with Crippen LogP contribution in [-0.4, -0.2) is 23.3 Å². The average Bonchev–Trinajstić information content (AvgIpc) is 2.69. The maximum absolute atomic E-state index is 12.5. The molecule has 0 bridgehead atoms. The maximum atomic E-state index is 12.5. The van der Waals surface area contributed by atoms with Crippen molar-refractivity contribution in [3.63, 3.8) is 0 Å². The van der Waals surface area contributed by atoms with Crippen LogP contribution in [0.5, 0.6) is 0 Å². The first-order chi connectivity index (χ1) is 8.90. The van der Waals surface area contributed by atoms with Crippen molar-refractivity contribution in [2.75, 3.05) is 16.8 Å². The predicted octanol–water partition coefficient (Wildman–Crippen LogP) is 4.05. The van der Waals surface area contributed by atoms with Crippen molar-refractivity contribution >= 4 is 39.3 Å². The Morgan fingerprint density at radius 1 is 1.37 bits per heavy atom. The summed E-state index contributed by atoms with van der Waals surface area (Å²) in [5.41, 5.74) is -4.01. The number of amides is 1. The van der Waals surface area contributed by atoms with Crippen molar-refractivity contribution in [1.29, 1.82) is 0 Å². The summed E-state index contributed by atoms with van der Waals surface area (Å²) in [7, 11) is 0. The van der Waals surface area contributed by atoms with Gasteiger partial charge in [-0.05, 0) is 29.8 Å². The Morgan fingerprint density at radius 3 is 2.63 bits per heavy atom. The minimum absolute atomic E-state index is 0.0681. The highest BCUT2D eigenvalue weighted by Gasteiger charge is 2.35. The summed E-state index contributed by atoms with van der Waals surface area (Å²) in [6, 6.07) is 6.13. The molecule has 1 aromatic carbocycles. The number of anilines is 1. The van der Waals surface area contributed by atoms with E-state index >= 15 is 0 Å².